The zero-order valence-electron chi connectivity index (χ0n) is 8.49. The van der Waals surface area contributed by atoms with Gasteiger partial charge in [-0.3, -0.25) is 4.79 Å². The van der Waals surface area contributed by atoms with E-state index in [1.807, 2.05) is 12.2 Å². The summed E-state index contributed by atoms with van der Waals surface area (Å²) in [4.78, 5) is 8.58. The van der Waals surface area contributed by atoms with Crippen LogP contribution in [0.3, 0.4) is 0 Å². The van der Waals surface area contributed by atoms with Gasteiger partial charge in [-0.1, -0.05) is 45.2 Å². The summed E-state index contributed by atoms with van der Waals surface area (Å²) in [5.74, 6) is 0.698. The molecular formula is C11H19NO. The quantitative estimate of drug-likeness (QED) is 0.525. The van der Waals surface area contributed by atoms with Gasteiger partial charge < -0.3 is 5.73 Å². The van der Waals surface area contributed by atoms with E-state index >= 15 is 0 Å². The Balaban J connectivity index is 0. The highest BCUT2D eigenvalue weighted by Crippen LogP contribution is 2.10. The minimum Gasteiger partial charge on any atom is -0.372 e. The van der Waals surface area contributed by atoms with Crippen LogP contribution >= 0.6 is 0 Å². The van der Waals surface area contributed by atoms with Gasteiger partial charge in [-0.25, -0.2) is 0 Å². The number of amides is 1. The average Bonchev–Trinajstić information content (AvgIpc) is 2.04. The largest absolute Gasteiger partial charge is 0.372 e. The molecule has 0 aliphatic rings. The lowest BCUT2D eigenvalue weighted by molar-refractivity contribution is -0.106. The average molecular weight is 181 g/mol. The molecule has 0 atom stereocenters. The first-order valence-corrected chi connectivity index (χ1v) is 4.21. The second-order valence-corrected chi connectivity index (χ2v) is 2.92. The van der Waals surface area contributed by atoms with E-state index in [2.05, 4.69) is 32.7 Å². The molecule has 0 aromatic heterocycles. The van der Waals surface area contributed by atoms with Gasteiger partial charge in [-0.05, 0) is 17.9 Å². The molecular weight excluding hydrogens is 162 g/mol. The summed E-state index contributed by atoms with van der Waals surface area (Å²) in [5, 5.41) is 0. The molecule has 2 heteroatoms. The third kappa shape index (κ3) is 13.7. The molecule has 74 valence electrons. The molecule has 0 rings (SSSR count). The Morgan fingerprint density at radius 2 is 1.92 bits per heavy atom. The fourth-order valence-electron chi connectivity index (χ4n) is 0.842. The van der Waals surface area contributed by atoms with Gasteiger partial charge in [0, 0.05) is 0 Å². The SMILES string of the molecule is C=C/C=C(\C=C)CC(C)C.NC=O. The monoisotopic (exact) mass is 181 g/mol. The van der Waals surface area contributed by atoms with E-state index < -0.39 is 0 Å². The van der Waals surface area contributed by atoms with Crippen molar-refractivity contribution < 1.29 is 4.79 Å². The molecule has 0 aliphatic carbocycles. The summed E-state index contributed by atoms with van der Waals surface area (Å²) in [6, 6.07) is 0. The summed E-state index contributed by atoms with van der Waals surface area (Å²) in [6.45, 7) is 11.7. The lowest BCUT2D eigenvalue weighted by Crippen LogP contribution is -1.87. The zero-order chi connectivity index (χ0) is 10.7. The van der Waals surface area contributed by atoms with Crippen molar-refractivity contribution in [3.05, 3.63) is 37.0 Å². The molecule has 0 saturated heterocycles. The van der Waals surface area contributed by atoms with Gasteiger partial charge in [-0.15, -0.1) is 0 Å². The highest BCUT2D eigenvalue weighted by molar-refractivity contribution is 5.42. The minimum absolute atomic E-state index is 0.250. The lowest BCUT2D eigenvalue weighted by atomic mass is 10.0. The van der Waals surface area contributed by atoms with E-state index in [9.17, 15) is 0 Å². The van der Waals surface area contributed by atoms with Crippen LogP contribution in [-0.4, -0.2) is 6.41 Å². The summed E-state index contributed by atoms with van der Waals surface area (Å²) < 4.78 is 0. The van der Waals surface area contributed by atoms with E-state index in [4.69, 9.17) is 4.79 Å². The van der Waals surface area contributed by atoms with Crippen molar-refractivity contribution in [1.29, 1.82) is 0 Å². The Labute approximate surface area is 80.8 Å². The van der Waals surface area contributed by atoms with E-state index in [-0.39, 0.29) is 6.41 Å². The van der Waals surface area contributed by atoms with Crippen molar-refractivity contribution >= 4 is 6.41 Å². The van der Waals surface area contributed by atoms with Gasteiger partial charge >= 0.3 is 0 Å². The smallest absolute Gasteiger partial charge is 0.204 e. The van der Waals surface area contributed by atoms with Crippen LogP contribution in [-0.2, 0) is 4.79 Å². The number of rotatable bonds is 4. The highest BCUT2D eigenvalue weighted by Gasteiger charge is 1.94. The molecule has 0 saturated carbocycles. The van der Waals surface area contributed by atoms with E-state index in [0.717, 1.165) is 6.42 Å². The first-order valence-electron chi connectivity index (χ1n) is 4.21. The fourth-order valence-corrected chi connectivity index (χ4v) is 0.842. The van der Waals surface area contributed by atoms with E-state index in [1.165, 1.54) is 5.57 Å². The van der Waals surface area contributed by atoms with E-state index in [1.54, 1.807) is 6.08 Å². The predicted octanol–water partition coefficient (Wildman–Crippen LogP) is 2.43. The number of hydrogen-bond donors (Lipinski definition) is 1. The van der Waals surface area contributed by atoms with Crippen LogP contribution < -0.4 is 5.73 Å². The molecule has 13 heavy (non-hydrogen) atoms. The van der Waals surface area contributed by atoms with Crippen molar-refractivity contribution in [3.8, 4) is 0 Å². The standard InChI is InChI=1S/C10H16.CH3NO/c1-5-7-10(6-2)8-9(3)4;2-1-3/h5-7,9H,1-2,8H2,3-4H3;1H,(H2,2,3)/b10-7+;. The van der Waals surface area contributed by atoms with Gasteiger partial charge in [0.05, 0.1) is 0 Å². The Morgan fingerprint density at radius 3 is 2.15 bits per heavy atom. The topological polar surface area (TPSA) is 43.1 Å². The molecule has 0 radical (unpaired) electrons. The van der Waals surface area contributed by atoms with E-state index in [0.29, 0.717) is 5.92 Å². The lowest BCUT2D eigenvalue weighted by Gasteiger charge is -2.03. The molecule has 0 aromatic carbocycles. The van der Waals surface area contributed by atoms with Crippen molar-refractivity contribution in [2.45, 2.75) is 20.3 Å². The maximum absolute atomic E-state index is 8.58. The van der Waals surface area contributed by atoms with Gasteiger partial charge in [0.2, 0.25) is 6.41 Å². The summed E-state index contributed by atoms with van der Waals surface area (Å²) >= 11 is 0. The van der Waals surface area contributed by atoms with Crippen LogP contribution in [0.2, 0.25) is 0 Å². The molecule has 0 fully saturated rings. The number of hydrogen-bond acceptors (Lipinski definition) is 1. The van der Waals surface area contributed by atoms with Crippen molar-refractivity contribution in [3.63, 3.8) is 0 Å². The Bertz CT molecular complexity index is 181. The molecule has 0 bridgehead atoms. The number of allylic oxidation sites excluding steroid dienone is 4. The number of primary amides is 1. The summed E-state index contributed by atoms with van der Waals surface area (Å²) in [7, 11) is 0. The maximum atomic E-state index is 8.58. The van der Waals surface area contributed by atoms with Gasteiger partial charge in [-0.2, -0.15) is 0 Å². The van der Waals surface area contributed by atoms with Crippen LogP contribution in [0.4, 0.5) is 0 Å². The summed E-state index contributed by atoms with van der Waals surface area (Å²) in [5.41, 5.74) is 5.44. The number of carbonyl (C=O) groups is 1. The van der Waals surface area contributed by atoms with Crippen LogP contribution in [0, 0.1) is 5.92 Å². The summed E-state index contributed by atoms with van der Waals surface area (Å²) in [6.07, 6.45) is 7.05. The van der Waals surface area contributed by atoms with Crippen molar-refractivity contribution in [2.75, 3.05) is 0 Å². The normalized spacial score (nSPS) is 9.92. The van der Waals surface area contributed by atoms with Crippen molar-refractivity contribution in [1.82, 2.24) is 0 Å². The predicted molar refractivity (Wildman–Crippen MR) is 58.2 cm³/mol. The molecule has 2 nitrogen and oxygen atoms in total. The molecule has 0 aliphatic heterocycles. The third-order valence-electron chi connectivity index (χ3n) is 1.24. The van der Waals surface area contributed by atoms with Gasteiger partial charge in [0.25, 0.3) is 0 Å². The molecule has 0 heterocycles. The fraction of sp³-hybridized carbons (Fsp3) is 0.364. The highest BCUT2D eigenvalue weighted by atomic mass is 16.1. The minimum atomic E-state index is 0.250. The Kier molecular flexibility index (Phi) is 11.7. The Hall–Kier alpha value is -1.31. The van der Waals surface area contributed by atoms with Crippen LogP contribution in [0.1, 0.15) is 20.3 Å². The van der Waals surface area contributed by atoms with Crippen LogP contribution in [0.5, 0.6) is 0 Å². The number of nitrogens with two attached hydrogens (primary N) is 1. The molecule has 0 spiro atoms. The first kappa shape index (κ1) is 14.2. The first-order chi connectivity index (χ1) is 6.12. The third-order valence-corrected chi connectivity index (χ3v) is 1.24. The number of carbonyl (C=O) groups excluding carboxylic acids is 1. The van der Waals surface area contributed by atoms with Crippen LogP contribution in [0.15, 0.2) is 37.0 Å². The second-order valence-electron chi connectivity index (χ2n) is 2.92. The van der Waals surface area contributed by atoms with Crippen LogP contribution in [0.25, 0.3) is 0 Å². The Morgan fingerprint density at radius 1 is 1.46 bits per heavy atom. The molecule has 1 amide bonds. The molecule has 2 N–H and O–H groups in total. The molecule has 0 aromatic rings. The molecule has 0 unspecified atom stereocenters. The second kappa shape index (κ2) is 10.7. The maximum Gasteiger partial charge on any atom is 0.204 e. The van der Waals surface area contributed by atoms with Gasteiger partial charge in [0.1, 0.15) is 0 Å². The van der Waals surface area contributed by atoms with Crippen molar-refractivity contribution in [2.24, 2.45) is 11.7 Å². The zero-order valence-corrected chi connectivity index (χ0v) is 8.49. The van der Waals surface area contributed by atoms with Gasteiger partial charge in [0.15, 0.2) is 0 Å².